The molecule has 2 rings (SSSR count). The fourth-order valence-electron chi connectivity index (χ4n) is 3.34. The fourth-order valence-corrected chi connectivity index (χ4v) is 3.34. The van der Waals surface area contributed by atoms with Crippen molar-refractivity contribution in [3.63, 3.8) is 0 Å². The normalized spacial score (nSPS) is 16.7. The van der Waals surface area contributed by atoms with Gasteiger partial charge < -0.3 is 20.1 Å². The van der Waals surface area contributed by atoms with Crippen LogP contribution in [0.3, 0.4) is 0 Å². The summed E-state index contributed by atoms with van der Waals surface area (Å²) in [7, 11) is 1.81. The number of ether oxygens (including phenoxy) is 2. The van der Waals surface area contributed by atoms with Crippen LogP contribution < -0.4 is 10.6 Å². The third-order valence-corrected chi connectivity index (χ3v) is 5.16. The summed E-state index contributed by atoms with van der Waals surface area (Å²) < 4.78 is 11.3. The van der Waals surface area contributed by atoms with Gasteiger partial charge in [0.1, 0.15) is 0 Å². The molecule has 1 aliphatic heterocycles. The predicted molar refractivity (Wildman–Crippen MR) is 131 cm³/mol. The van der Waals surface area contributed by atoms with Crippen molar-refractivity contribution in [1.29, 1.82) is 0 Å². The van der Waals surface area contributed by atoms with E-state index in [-0.39, 0.29) is 24.0 Å². The van der Waals surface area contributed by atoms with E-state index in [1.54, 1.807) is 0 Å². The standard InChI is InChI=1S/C22H38N4O2.HI/c1-4-26(5-2)17-20-11-7-6-10-19(20)16-25-22(23-3)24-13-9-14-27-18-21-12-8-15-28-21;/h6-7,10-11,21H,4-5,8-9,12-18H2,1-3H3,(H2,23,24,25);1H. The molecule has 6 nitrogen and oxygen atoms in total. The van der Waals surface area contributed by atoms with E-state index in [0.29, 0.717) is 6.10 Å². The van der Waals surface area contributed by atoms with Gasteiger partial charge in [0.25, 0.3) is 0 Å². The zero-order chi connectivity index (χ0) is 20.0. The van der Waals surface area contributed by atoms with E-state index in [0.717, 1.165) is 77.8 Å². The van der Waals surface area contributed by atoms with Gasteiger partial charge in [-0.15, -0.1) is 24.0 Å². The molecule has 1 aromatic carbocycles. The van der Waals surface area contributed by atoms with Gasteiger partial charge in [-0.3, -0.25) is 9.89 Å². The highest BCUT2D eigenvalue weighted by atomic mass is 127. The summed E-state index contributed by atoms with van der Waals surface area (Å²) in [4.78, 5) is 6.76. The van der Waals surface area contributed by atoms with E-state index in [1.165, 1.54) is 11.1 Å². The number of hydrogen-bond donors (Lipinski definition) is 2. The molecular weight excluding hydrogens is 479 g/mol. The Balaban J connectivity index is 0.00000420. The van der Waals surface area contributed by atoms with E-state index < -0.39 is 0 Å². The van der Waals surface area contributed by atoms with Crippen LogP contribution in [0, 0.1) is 0 Å². The van der Waals surface area contributed by atoms with Crippen molar-refractivity contribution in [2.24, 2.45) is 4.99 Å². The molecule has 0 aromatic heterocycles. The summed E-state index contributed by atoms with van der Waals surface area (Å²) >= 11 is 0. The highest BCUT2D eigenvalue weighted by Gasteiger charge is 2.14. The third kappa shape index (κ3) is 10.1. The SMILES string of the molecule is CCN(CC)Cc1ccccc1CNC(=NC)NCCCOCC1CCCO1.I. The minimum atomic E-state index is 0. The number of rotatable bonds is 12. The van der Waals surface area contributed by atoms with E-state index in [2.05, 4.69) is 58.6 Å². The van der Waals surface area contributed by atoms with Crippen LogP contribution in [0.1, 0.15) is 44.2 Å². The van der Waals surface area contributed by atoms with Crippen LogP contribution in [-0.2, 0) is 22.6 Å². The molecule has 0 radical (unpaired) electrons. The summed E-state index contributed by atoms with van der Waals surface area (Å²) in [5, 5.41) is 6.80. The molecule has 0 saturated carbocycles. The van der Waals surface area contributed by atoms with Crippen molar-refractivity contribution >= 4 is 29.9 Å². The second kappa shape index (κ2) is 15.9. The van der Waals surface area contributed by atoms with Gasteiger partial charge in [-0.25, -0.2) is 0 Å². The summed E-state index contributed by atoms with van der Waals surface area (Å²) in [5.74, 6) is 0.830. The Hall–Kier alpha value is -0.900. The molecule has 2 N–H and O–H groups in total. The lowest BCUT2D eigenvalue weighted by Gasteiger charge is -2.20. The topological polar surface area (TPSA) is 58.1 Å². The summed E-state index contributed by atoms with van der Waals surface area (Å²) in [6.07, 6.45) is 3.55. The minimum absolute atomic E-state index is 0. The quantitative estimate of drug-likeness (QED) is 0.192. The molecule has 1 saturated heterocycles. The Bertz CT molecular complexity index is 576. The van der Waals surface area contributed by atoms with Gasteiger partial charge in [0.05, 0.1) is 12.7 Å². The van der Waals surface area contributed by atoms with Crippen LogP contribution in [0.4, 0.5) is 0 Å². The van der Waals surface area contributed by atoms with Gasteiger partial charge in [0, 0.05) is 39.9 Å². The molecule has 0 spiro atoms. The maximum Gasteiger partial charge on any atom is 0.191 e. The van der Waals surface area contributed by atoms with Crippen molar-refractivity contribution in [3.05, 3.63) is 35.4 Å². The van der Waals surface area contributed by atoms with Gasteiger partial charge >= 0.3 is 0 Å². The fraction of sp³-hybridized carbons (Fsp3) is 0.682. The molecule has 166 valence electrons. The zero-order valence-corrected chi connectivity index (χ0v) is 20.6. The second-order valence-corrected chi connectivity index (χ2v) is 7.15. The van der Waals surface area contributed by atoms with Crippen LogP contribution in [-0.4, -0.2) is 63.5 Å². The van der Waals surface area contributed by atoms with Crippen LogP contribution >= 0.6 is 24.0 Å². The number of halogens is 1. The van der Waals surface area contributed by atoms with E-state index in [1.807, 2.05) is 7.05 Å². The molecule has 7 heteroatoms. The van der Waals surface area contributed by atoms with Crippen LogP contribution in [0.15, 0.2) is 29.3 Å². The smallest absolute Gasteiger partial charge is 0.191 e. The zero-order valence-electron chi connectivity index (χ0n) is 18.3. The molecule has 1 unspecified atom stereocenters. The molecule has 0 aliphatic carbocycles. The molecule has 1 atom stereocenters. The Labute approximate surface area is 193 Å². The molecule has 1 aliphatic rings. The van der Waals surface area contributed by atoms with Crippen molar-refractivity contribution in [2.45, 2.75) is 52.3 Å². The number of benzene rings is 1. The summed E-state index contributed by atoms with van der Waals surface area (Å²) in [5.41, 5.74) is 2.69. The first-order valence-corrected chi connectivity index (χ1v) is 10.7. The lowest BCUT2D eigenvalue weighted by Crippen LogP contribution is -2.38. The average Bonchev–Trinajstić information content (AvgIpc) is 3.25. The number of guanidine groups is 1. The van der Waals surface area contributed by atoms with Gasteiger partial charge in [0.2, 0.25) is 0 Å². The molecular formula is C22H39IN4O2. The number of hydrogen-bond acceptors (Lipinski definition) is 4. The van der Waals surface area contributed by atoms with Crippen molar-refractivity contribution in [1.82, 2.24) is 15.5 Å². The van der Waals surface area contributed by atoms with Crippen molar-refractivity contribution < 1.29 is 9.47 Å². The second-order valence-electron chi connectivity index (χ2n) is 7.15. The first-order valence-electron chi connectivity index (χ1n) is 10.7. The monoisotopic (exact) mass is 518 g/mol. The van der Waals surface area contributed by atoms with E-state index >= 15 is 0 Å². The lowest BCUT2D eigenvalue weighted by atomic mass is 10.1. The summed E-state index contributed by atoms with van der Waals surface area (Å²) in [6, 6.07) is 8.63. The Morgan fingerprint density at radius 2 is 1.97 bits per heavy atom. The van der Waals surface area contributed by atoms with Crippen LogP contribution in [0.25, 0.3) is 0 Å². The molecule has 0 bridgehead atoms. The van der Waals surface area contributed by atoms with Crippen molar-refractivity contribution in [3.8, 4) is 0 Å². The number of aliphatic imine (C=N–C) groups is 1. The van der Waals surface area contributed by atoms with E-state index in [9.17, 15) is 0 Å². The van der Waals surface area contributed by atoms with Gasteiger partial charge in [-0.2, -0.15) is 0 Å². The van der Waals surface area contributed by atoms with Crippen LogP contribution in [0.5, 0.6) is 0 Å². The Morgan fingerprint density at radius 1 is 1.21 bits per heavy atom. The Morgan fingerprint density at radius 3 is 2.62 bits per heavy atom. The molecule has 1 aromatic rings. The van der Waals surface area contributed by atoms with Crippen LogP contribution in [0.2, 0.25) is 0 Å². The molecule has 0 amide bonds. The summed E-state index contributed by atoms with van der Waals surface area (Å²) in [6.45, 7) is 11.5. The number of nitrogens with zero attached hydrogens (tertiary/aromatic N) is 2. The lowest BCUT2D eigenvalue weighted by molar-refractivity contribution is 0.0168. The first-order chi connectivity index (χ1) is 13.8. The average molecular weight is 518 g/mol. The number of nitrogens with one attached hydrogen (secondary N) is 2. The maximum absolute atomic E-state index is 5.71. The minimum Gasteiger partial charge on any atom is -0.379 e. The molecule has 29 heavy (non-hydrogen) atoms. The maximum atomic E-state index is 5.71. The third-order valence-electron chi connectivity index (χ3n) is 5.16. The highest BCUT2D eigenvalue weighted by Crippen LogP contribution is 2.12. The van der Waals surface area contributed by atoms with Gasteiger partial charge in [-0.05, 0) is 43.5 Å². The first kappa shape index (κ1) is 26.1. The van der Waals surface area contributed by atoms with Crippen molar-refractivity contribution in [2.75, 3.05) is 46.5 Å². The molecule has 1 heterocycles. The van der Waals surface area contributed by atoms with E-state index in [4.69, 9.17) is 9.47 Å². The predicted octanol–water partition coefficient (Wildman–Crippen LogP) is 3.40. The largest absolute Gasteiger partial charge is 0.379 e. The Kier molecular flexibility index (Phi) is 14.3. The van der Waals surface area contributed by atoms with Gasteiger partial charge in [-0.1, -0.05) is 38.1 Å². The highest BCUT2D eigenvalue weighted by molar-refractivity contribution is 14.0. The molecule has 1 fully saturated rings. The van der Waals surface area contributed by atoms with Gasteiger partial charge in [0.15, 0.2) is 5.96 Å².